The van der Waals surface area contributed by atoms with Gasteiger partial charge in [-0.05, 0) is 48.5 Å². The zero-order valence-electron chi connectivity index (χ0n) is 14.6. The van der Waals surface area contributed by atoms with Gasteiger partial charge in [0.2, 0.25) is 0 Å². The molecular weight excluding hydrogens is 416 g/mol. The third-order valence-electron chi connectivity index (χ3n) is 3.70. The summed E-state index contributed by atoms with van der Waals surface area (Å²) in [5, 5.41) is 9.59. The maximum atomic E-state index is 13.5. The number of rotatable bonds is 6. The van der Waals surface area contributed by atoms with Gasteiger partial charge in [0.25, 0.3) is 5.91 Å². The number of hydrogen-bond donors (Lipinski definition) is 1. The fraction of sp³-hybridized carbons (Fsp3) is 0.167. The lowest BCUT2D eigenvalue weighted by Gasteiger charge is -2.11. The lowest BCUT2D eigenvalue weighted by molar-refractivity contribution is -0.143. The molecule has 0 saturated carbocycles. The minimum atomic E-state index is -4.91. The van der Waals surface area contributed by atoms with Crippen LogP contribution in [0.15, 0.2) is 48.5 Å². The van der Waals surface area contributed by atoms with E-state index in [1.165, 1.54) is 0 Å². The Bertz CT molecular complexity index is 989. The van der Waals surface area contributed by atoms with E-state index in [0.717, 1.165) is 24.3 Å². The number of alkyl halides is 3. The Morgan fingerprint density at radius 1 is 1.10 bits per heavy atom. The van der Waals surface area contributed by atoms with Gasteiger partial charge in [-0.15, -0.1) is 5.10 Å². The molecule has 1 aromatic heterocycles. The monoisotopic (exact) mass is 428 g/mol. The van der Waals surface area contributed by atoms with E-state index in [0.29, 0.717) is 15.5 Å². The number of hydrogen-bond acceptors (Lipinski definition) is 4. The van der Waals surface area contributed by atoms with Crippen LogP contribution in [0.3, 0.4) is 0 Å². The number of nitrogens with one attached hydrogen (secondary N) is 1. The molecule has 6 nitrogen and oxygen atoms in total. The van der Waals surface area contributed by atoms with Crippen LogP contribution in [0.25, 0.3) is 5.69 Å². The summed E-state index contributed by atoms with van der Waals surface area (Å²) in [6.07, 6.45) is -4.91. The Morgan fingerprint density at radius 2 is 1.76 bits per heavy atom. The van der Waals surface area contributed by atoms with Gasteiger partial charge < -0.3 is 10.1 Å². The van der Waals surface area contributed by atoms with E-state index in [-0.39, 0.29) is 18.8 Å². The lowest BCUT2D eigenvalue weighted by Crippen LogP contribution is -2.30. The fourth-order valence-corrected chi connectivity index (χ4v) is 2.53. The van der Waals surface area contributed by atoms with Crippen LogP contribution in [0.1, 0.15) is 16.2 Å². The van der Waals surface area contributed by atoms with E-state index < -0.39 is 29.3 Å². The number of nitrogens with zero attached hydrogens (tertiary/aromatic N) is 3. The molecule has 2 aromatic carbocycles. The molecule has 0 fully saturated rings. The Balaban J connectivity index is 1.71. The van der Waals surface area contributed by atoms with Crippen molar-refractivity contribution in [1.82, 2.24) is 20.3 Å². The standard InChI is InChI=1S/C18H13ClF4N4O2/c19-11-1-7-14(8-2-11)29-10-9-24-17(28)15-16(18(21,22)23)27(26-25-15)13-5-3-12(20)4-6-13/h1-8H,9-10H2,(H,24,28). The first-order valence-corrected chi connectivity index (χ1v) is 8.59. The Morgan fingerprint density at radius 3 is 2.38 bits per heavy atom. The molecule has 0 saturated heterocycles. The molecule has 1 heterocycles. The van der Waals surface area contributed by atoms with E-state index in [1.54, 1.807) is 24.3 Å². The number of halogens is 5. The van der Waals surface area contributed by atoms with Gasteiger partial charge in [-0.2, -0.15) is 13.2 Å². The molecule has 0 unspecified atom stereocenters. The largest absolute Gasteiger partial charge is 0.492 e. The van der Waals surface area contributed by atoms with Crippen molar-refractivity contribution in [3.05, 3.63) is 70.8 Å². The quantitative estimate of drug-likeness (QED) is 0.478. The van der Waals surface area contributed by atoms with Crippen molar-refractivity contribution in [2.45, 2.75) is 6.18 Å². The number of carbonyl (C=O) groups is 1. The van der Waals surface area contributed by atoms with E-state index in [1.807, 2.05) is 0 Å². The molecule has 0 aliphatic carbocycles. The van der Waals surface area contributed by atoms with Gasteiger partial charge in [-0.3, -0.25) is 4.79 Å². The van der Waals surface area contributed by atoms with Crippen LogP contribution in [0.4, 0.5) is 17.6 Å². The predicted molar refractivity (Wildman–Crippen MR) is 95.6 cm³/mol. The summed E-state index contributed by atoms with van der Waals surface area (Å²) in [5.74, 6) is -1.20. The predicted octanol–water partition coefficient (Wildman–Crippen LogP) is 3.89. The molecule has 11 heteroatoms. The SMILES string of the molecule is O=C(NCCOc1ccc(Cl)cc1)c1nnn(-c2ccc(F)cc2)c1C(F)(F)F. The first kappa shape index (κ1) is 20.6. The highest BCUT2D eigenvalue weighted by atomic mass is 35.5. The van der Waals surface area contributed by atoms with Crippen LogP contribution < -0.4 is 10.1 Å². The van der Waals surface area contributed by atoms with E-state index >= 15 is 0 Å². The van der Waals surface area contributed by atoms with E-state index in [2.05, 4.69) is 15.6 Å². The molecule has 152 valence electrons. The molecule has 0 atom stereocenters. The first-order valence-electron chi connectivity index (χ1n) is 8.21. The van der Waals surface area contributed by atoms with Crippen molar-refractivity contribution in [3.8, 4) is 11.4 Å². The molecule has 0 bridgehead atoms. The summed E-state index contributed by atoms with van der Waals surface area (Å²) in [7, 11) is 0. The number of amides is 1. The van der Waals surface area contributed by atoms with Gasteiger partial charge >= 0.3 is 6.18 Å². The highest BCUT2D eigenvalue weighted by Gasteiger charge is 2.41. The van der Waals surface area contributed by atoms with E-state index in [9.17, 15) is 22.4 Å². The van der Waals surface area contributed by atoms with Crippen LogP contribution in [0.2, 0.25) is 5.02 Å². The number of carbonyl (C=O) groups excluding carboxylic acids is 1. The molecule has 1 N–H and O–H groups in total. The first-order chi connectivity index (χ1) is 13.8. The molecule has 0 aliphatic rings. The average Bonchev–Trinajstić information content (AvgIpc) is 3.13. The summed E-state index contributed by atoms with van der Waals surface area (Å²) in [6.45, 7) is -0.0526. The highest BCUT2D eigenvalue weighted by Crippen LogP contribution is 2.32. The molecule has 3 rings (SSSR count). The summed E-state index contributed by atoms with van der Waals surface area (Å²) in [5.41, 5.74) is -2.34. The van der Waals surface area contributed by atoms with Gasteiger partial charge in [0.15, 0.2) is 11.4 Å². The molecule has 0 radical (unpaired) electrons. The van der Waals surface area contributed by atoms with Crippen molar-refractivity contribution in [3.63, 3.8) is 0 Å². The van der Waals surface area contributed by atoms with E-state index in [4.69, 9.17) is 16.3 Å². The highest BCUT2D eigenvalue weighted by molar-refractivity contribution is 6.30. The summed E-state index contributed by atoms with van der Waals surface area (Å²) in [6, 6.07) is 10.6. The van der Waals surface area contributed by atoms with Crippen LogP contribution in [-0.4, -0.2) is 34.1 Å². The van der Waals surface area contributed by atoms with Gasteiger partial charge in [-0.1, -0.05) is 16.8 Å². The number of benzene rings is 2. The molecule has 0 spiro atoms. The van der Waals surface area contributed by atoms with Crippen LogP contribution in [-0.2, 0) is 6.18 Å². The zero-order chi connectivity index (χ0) is 21.0. The van der Waals surface area contributed by atoms with Crippen LogP contribution >= 0.6 is 11.6 Å². The van der Waals surface area contributed by atoms with Crippen LogP contribution in [0, 0.1) is 5.82 Å². The maximum absolute atomic E-state index is 13.5. The van der Waals surface area contributed by atoms with Crippen molar-refractivity contribution in [2.24, 2.45) is 0 Å². The van der Waals surface area contributed by atoms with Crippen molar-refractivity contribution in [1.29, 1.82) is 0 Å². The fourth-order valence-electron chi connectivity index (χ4n) is 2.40. The maximum Gasteiger partial charge on any atom is 0.435 e. The van der Waals surface area contributed by atoms with Crippen LogP contribution in [0.5, 0.6) is 5.75 Å². The van der Waals surface area contributed by atoms with Gasteiger partial charge in [-0.25, -0.2) is 9.07 Å². The van der Waals surface area contributed by atoms with Gasteiger partial charge in [0.05, 0.1) is 12.2 Å². The molecule has 3 aromatic rings. The summed E-state index contributed by atoms with van der Waals surface area (Å²) in [4.78, 5) is 12.2. The van der Waals surface area contributed by atoms with Gasteiger partial charge in [0.1, 0.15) is 18.2 Å². The minimum Gasteiger partial charge on any atom is -0.492 e. The zero-order valence-corrected chi connectivity index (χ0v) is 15.3. The summed E-state index contributed by atoms with van der Waals surface area (Å²) < 4.78 is 59.4. The van der Waals surface area contributed by atoms with Gasteiger partial charge in [0, 0.05) is 5.02 Å². The second kappa shape index (κ2) is 8.48. The number of ether oxygens (including phenoxy) is 1. The summed E-state index contributed by atoms with van der Waals surface area (Å²) >= 11 is 5.75. The lowest BCUT2D eigenvalue weighted by atomic mass is 10.2. The molecule has 0 aliphatic heterocycles. The molecule has 29 heavy (non-hydrogen) atoms. The molecule has 1 amide bonds. The smallest absolute Gasteiger partial charge is 0.435 e. The topological polar surface area (TPSA) is 69.0 Å². The Hall–Kier alpha value is -3.14. The second-order valence-corrected chi connectivity index (χ2v) is 6.17. The Labute approximate surface area is 167 Å². The normalized spacial score (nSPS) is 11.3. The second-order valence-electron chi connectivity index (χ2n) is 5.73. The third-order valence-corrected chi connectivity index (χ3v) is 3.95. The van der Waals surface area contributed by atoms with Crippen molar-refractivity contribution < 1.29 is 27.1 Å². The minimum absolute atomic E-state index is 0.0147. The van der Waals surface area contributed by atoms with Crippen molar-refractivity contribution in [2.75, 3.05) is 13.2 Å². The molecular formula is C18H13ClF4N4O2. The Kier molecular flexibility index (Phi) is 6.02. The number of aromatic nitrogens is 3. The third kappa shape index (κ3) is 5.02. The van der Waals surface area contributed by atoms with Crippen molar-refractivity contribution >= 4 is 17.5 Å². The average molecular weight is 429 g/mol.